The maximum absolute atomic E-state index is 7.20. The highest BCUT2D eigenvalue weighted by molar-refractivity contribution is 5.83. The second-order valence-corrected chi connectivity index (χ2v) is 2.18. The maximum atomic E-state index is 7.20. The van der Waals surface area contributed by atoms with Crippen LogP contribution in [0.2, 0.25) is 0 Å². The zero-order valence-corrected chi connectivity index (χ0v) is 4.85. The lowest BCUT2D eigenvalue weighted by atomic mass is 10.1. The molecule has 1 rings (SSSR count). The van der Waals surface area contributed by atoms with Crippen molar-refractivity contribution in [2.75, 3.05) is 13.1 Å². The minimum Gasteiger partial charge on any atom is -0.308 e. The Balaban J connectivity index is 2.34. The molecule has 0 bridgehead atoms. The standard InChI is InChI=1S/C5H11N3/c6-5-2-1-3-8(7)4-5/h6H,1-4,7H2. The Morgan fingerprint density at radius 2 is 2.38 bits per heavy atom. The van der Waals surface area contributed by atoms with E-state index >= 15 is 0 Å². The van der Waals surface area contributed by atoms with E-state index in [1.165, 1.54) is 0 Å². The molecule has 3 N–H and O–H groups in total. The number of hydrogen-bond acceptors (Lipinski definition) is 3. The van der Waals surface area contributed by atoms with E-state index in [0.717, 1.165) is 25.1 Å². The molecular weight excluding hydrogens is 102 g/mol. The van der Waals surface area contributed by atoms with Gasteiger partial charge in [-0.05, 0) is 12.8 Å². The molecule has 1 saturated heterocycles. The van der Waals surface area contributed by atoms with E-state index in [4.69, 9.17) is 11.3 Å². The van der Waals surface area contributed by atoms with Crippen LogP contribution in [0.1, 0.15) is 12.8 Å². The molecule has 0 saturated carbocycles. The van der Waals surface area contributed by atoms with Crippen LogP contribution in [0.15, 0.2) is 0 Å². The van der Waals surface area contributed by atoms with Crippen LogP contribution in [0.3, 0.4) is 0 Å². The van der Waals surface area contributed by atoms with Crippen LogP contribution in [0.5, 0.6) is 0 Å². The highest BCUT2D eigenvalue weighted by Crippen LogP contribution is 2.00. The highest BCUT2D eigenvalue weighted by atomic mass is 15.4. The van der Waals surface area contributed by atoms with Gasteiger partial charge < -0.3 is 5.41 Å². The minimum atomic E-state index is 0.667. The van der Waals surface area contributed by atoms with E-state index in [2.05, 4.69) is 0 Å². The zero-order valence-electron chi connectivity index (χ0n) is 4.85. The molecule has 0 aromatic carbocycles. The molecule has 3 heteroatoms. The van der Waals surface area contributed by atoms with Crippen LogP contribution in [0, 0.1) is 5.41 Å². The third-order valence-electron chi connectivity index (χ3n) is 1.32. The Kier molecular flexibility index (Phi) is 1.60. The first-order valence-corrected chi connectivity index (χ1v) is 2.85. The quantitative estimate of drug-likeness (QED) is 0.434. The van der Waals surface area contributed by atoms with Crippen LogP contribution in [-0.2, 0) is 0 Å². The summed E-state index contributed by atoms with van der Waals surface area (Å²) in [7, 11) is 0. The third kappa shape index (κ3) is 1.28. The topological polar surface area (TPSA) is 53.1 Å². The summed E-state index contributed by atoms with van der Waals surface area (Å²) >= 11 is 0. The minimum absolute atomic E-state index is 0.667. The van der Waals surface area contributed by atoms with Crippen molar-refractivity contribution in [3.63, 3.8) is 0 Å². The van der Waals surface area contributed by atoms with Gasteiger partial charge >= 0.3 is 0 Å². The second-order valence-electron chi connectivity index (χ2n) is 2.18. The highest BCUT2D eigenvalue weighted by Gasteiger charge is 2.08. The summed E-state index contributed by atoms with van der Waals surface area (Å²) in [5, 5.41) is 8.88. The Hall–Kier alpha value is -0.410. The van der Waals surface area contributed by atoms with Crippen molar-refractivity contribution < 1.29 is 0 Å². The molecule has 0 radical (unpaired) electrons. The molecule has 1 heterocycles. The van der Waals surface area contributed by atoms with Gasteiger partial charge in [-0.1, -0.05) is 0 Å². The smallest absolute Gasteiger partial charge is 0.0506 e. The van der Waals surface area contributed by atoms with E-state index in [9.17, 15) is 0 Å². The number of hydrogen-bond donors (Lipinski definition) is 2. The molecular formula is C5H11N3. The largest absolute Gasteiger partial charge is 0.308 e. The average Bonchev–Trinajstić information content (AvgIpc) is 1.64. The van der Waals surface area contributed by atoms with Crippen LogP contribution >= 0.6 is 0 Å². The molecule has 0 unspecified atom stereocenters. The fourth-order valence-electron chi connectivity index (χ4n) is 0.899. The lowest BCUT2D eigenvalue weighted by Gasteiger charge is -2.21. The van der Waals surface area contributed by atoms with E-state index in [0.29, 0.717) is 6.54 Å². The van der Waals surface area contributed by atoms with Gasteiger partial charge in [-0.25, -0.2) is 5.01 Å². The Labute approximate surface area is 48.9 Å². The lowest BCUT2D eigenvalue weighted by Crippen LogP contribution is -2.40. The molecule has 0 aromatic rings. The number of nitrogens with two attached hydrogens (primary N) is 1. The van der Waals surface area contributed by atoms with E-state index in [1.54, 1.807) is 5.01 Å². The fraction of sp³-hybridized carbons (Fsp3) is 0.800. The summed E-state index contributed by atoms with van der Waals surface area (Å²) in [6.45, 7) is 1.61. The van der Waals surface area contributed by atoms with Gasteiger partial charge in [-0.15, -0.1) is 0 Å². The summed E-state index contributed by atoms with van der Waals surface area (Å²) in [6, 6.07) is 0. The van der Waals surface area contributed by atoms with E-state index in [1.807, 2.05) is 0 Å². The lowest BCUT2D eigenvalue weighted by molar-refractivity contribution is 0.302. The summed E-state index contributed by atoms with van der Waals surface area (Å²) in [6.07, 6.45) is 1.99. The normalized spacial score (nSPS) is 23.9. The monoisotopic (exact) mass is 113 g/mol. The molecule has 1 aliphatic heterocycles. The van der Waals surface area contributed by atoms with Gasteiger partial charge in [0.15, 0.2) is 0 Å². The van der Waals surface area contributed by atoms with Crippen molar-refractivity contribution in [2.24, 2.45) is 5.84 Å². The fourth-order valence-corrected chi connectivity index (χ4v) is 0.899. The van der Waals surface area contributed by atoms with Crippen molar-refractivity contribution in [3.05, 3.63) is 0 Å². The van der Waals surface area contributed by atoms with Gasteiger partial charge in [0.1, 0.15) is 0 Å². The summed E-state index contributed by atoms with van der Waals surface area (Å²) in [4.78, 5) is 0. The van der Waals surface area contributed by atoms with Crippen molar-refractivity contribution in [3.8, 4) is 0 Å². The molecule has 1 aliphatic rings. The molecule has 0 aliphatic carbocycles. The molecule has 1 fully saturated rings. The first-order chi connectivity index (χ1) is 3.79. The van der Waals surface area contributed by atoms with E-state index in [-0.39, 0.29) is 0 Å². The molecule has 46 valence electrons. The predicted molar refractivity (Wildman–Crippen MR) is 32.7 cm³/mol. The summed E-state index contributed by atoms with van der Waals surface area (Å²) in [5.41, 5.74) is 0.763. The number of nitrogens with one attached hydrogen (secondary N) is 1. The summed E-state index contributed by atoms with van der Waals surface area (Å²) in [5.74, 6) is 5.42. The predicted octanol–water partition coefficient (Wildman–Crippen LogP) is -0.0243. The van der Waals surface area contributed by atoms with Crippen LogP contribution < -0.4 is 5.84 Å². The molecule has 3 nitrogen and oxygen atoms in total. The number of hydrazine groups is 1. The van der Waals surface area contributed by atoms with Crippen LogP contribution in [0.25, 0.3) is 0 Å². The van der Waals surface area contributed by atoms with Crippen molar-refractivity contribution in [1.82, 2.24) is 5.01 Å². The molecule has 0 spiro atoms. The van der Waals surface area contributed by atoms with Gasteiger partial charge in [-0.3, -0.25) is 5.84 Å². The Morgan fingerprint density at radius 3 is 2.75 bits per heavy atom. The second kappa shape index (κ2) is 2.24. The average molecular weight is 113 g/mol. The van der Waals surface area contributed by atoms with Crippen LogP contribution in [-0.4, -0.2) is 23.8 Å². The Morgan fingerprint density at radius 1 is 1.62 bits per heavy atom. The van der Waals surface area contributed by atoms with Gasteiger partial charge in [0.25, 0.3) is 0 Å². The molecule has 0 aromatic heterocycles. The molecule has 0 atom stereocenters. The van der Waals surface area contributed by atoms with Crippen LogP contribution in [0.4, 0.5) is 0 Å². The third-order valence-corrected chi connectivity index (χ3v) is 1.32. The summed E-state index contributed by atoms with van der Waals surface area (Å²) < 4.78 is 0. The first kappa shape index (κ1) is 5.72. The molecule has 8 heavy (non-hydrogen) atoms. The Bertz CT molecular complexity index is 99.8. The number of rotatable bonds is 0. The van der Waals surface area contributed by atoms with Crippen molar-refractivity contribution >= 4 is 5.71 Å². The number of nitrogens with zero attached hydrogens (tertiary/aromatic N) is 1. The van der Waals surface area contributed by atoms with Gasteiger partial charge in [0, 0.05) is 12.3 Å². The zero-order chi connectivity index (χ0) is 5.98. The van der Waals surface area contributed by atoms with Crippen molar-refractivity contribution in [2.45, 2.75) is 12.8 Å². The molecule has 0 amide bonds. The van der Waals surface area contributed by atoms with Crippen molar-refractivity contribution in [1.29, 1.82) is 5.41 Å². The first-order valence-electron chi connectivity index (χ1n) is 2.85. The van der Waals surface area contributed by atoms with Gasteiger partial charge in [0.05, 0.1) is 6.54 Å². The number of piperidine rings is 1. The maximum Gasteiger partial charge on any atom is 0.0506 e. The van der Waals surface area contributed by atoms with Gasteiger partial charge in [0.2, 0.25) is 0 Å². The SMILES string of the molecule is N=C1CCCN(N)C1. The van der Waals surface area contributed by atoms with Gasteiger partial charge in [-0.2, -0.15) is 0 Å². The van der Waals surface area contributed by atoms with E-state index < -0.39 is 0 Å².